The van der Waals surface area contributed by atoms with E-state index in [1.165, 1.54) is 0 Å². The third-order valence-corrected chi connectivity index (χ3v) is 4.91. The van der Waals surface area contributed by atoms with Gasteiger partial charge in [-0.2, -0.15) is 5.10 Å². The Bertz CT molecular complexity index is 645. The first kappa shape index (κ1) is 15.4. The van der Waals surface area contributed by atoms with Gasteiger partial charge in [0, 0.05) is 19.3 Å². The van der Waals surface area contributed by atoms with Crippen LogP contribution in [0.4, 0.5) is 0 Å². The van der Waals surface area contributed by atoms with Crippen molar-refractivity contribution in [2.24, 2.45) is 7.05 Å². The number of aromatic amines is 1. The Kier molecular flexibility index (Phi) is 5.09. The van der Waals surface area contributed by atoms with E-state index in [0.29, 0.717) is 6.54 Å². The van der Waals surface area contributed by atoms with E-state index in [-0.39, 0.29) is 5.69 Å². The number of rotatable bonds is 6. The molecular formula is C12H18BrN5OS. The van der Waals surface area contributed by atoms with Gasteiger partial charge in [0.15, 0.2) is 5.16 Å². The van der Waals surface area contributed by atoms with Gasteiger partial charge in [-0.1, -0.05) is 25.6 Å². The van der Waals surface area contributed by atoms with E-state index < -0.39 is 0 Å². The van der Waals surface area contributed by atoms with Crippen molar-refractivity contribution in [3.8, 4) is 0 Å². The predicted octanol–water partition coefficient (Wildman–Crippen LogP) is 2.33. The lowest BCUT2D eigenvalue weighted by molar-refractivity contribution is 0.603. The van der Waals surface area contributed by atoms with E-state index in [9.17, 15) is 4.79 Å². The van der Waals surface area contributed by atoms with Crippen LogP contribution < -0.4 is 5.69 Å². The molecule has 0 aliphatic carbocycles. The van der Waals surface area contributed by atoms with Crippen molar-refractivity contribution in [1.29, 1.82) is 0 Å². The Morgan fingerprint density at radius 3 is 2.75 bits per heavy atom. The maximum atomic E-state index is 11.6. The third kappa shape index (κ3) is 3.01. The number of nitrogens with one attached hydrogen (secondary N) is 1. The second-order valence-electron chi connectivity index (χ2n) is 4.44. The van der Waals surface area contributed by atoms with Crippen LogP contribution in [0.15, 0.2) is 14.4 Å². The van der Waals surface area contributed by atoms with Crippen molar-refractivity contribution in [2.75, 3.05) is 0 Å². The minimum atomic E-state index is -0.146. The van der Waals surface area contributed by atoms with Crippen LogP contribution in [0.5, 0.6) is 0 Å². The van der Waals surface area contributed by atoms with Crippen LogP contribution in [0, 0.1) is 0 Å². The molecule has 2 heterocycles. The van der Waals surface area contributed by atoms with Crippen LogP contribution in [0.3, 0.4) is 0 Å². The molecule has 0 spiro atoms. The average molecular weight is 360 g/mol. The van der Waals surface area contributed by atoms with Crippen LogP contribution in [0.25, 0.3) is 0 Å². The predicted molar refractivity (Wildman–Crippen MR) is 83.0 cm³/mol. The zero-order chi connectivity index (χ0) is 14.7. The van der Waals surface area contributed by atoms with E-state index in [2.05, 4.69) is 38.1 Å². The van der Waals surface area contributed by atoms with Gasteiger partial charge in [0.05, 0.1) is 15.9 Å². The minimum Gasteiger partial charge on any atom is -0.270 e. The van der Waals surface area contributed by atoms with Crippen molar-refractivity contribution < 1.29 is 0 Å². The second kappa shape index (κ2) is 6.62. The molecule has 2 aromatic rings. The molecule has 0 atom stereocenters. The van der Waals surface area contributed by atoms with Crippen molar-refractivity contribution >= 4 is 27.7 Å². The molecule has 2 rings (SSSR count). The van der Waals surface area contributed by atoms with Gasteiger partial charge in [-0.15, -0.1) is 5.10 Å². The molecule has 0 aliphatic rings. The fraction of sp³-hybridized carbons (Fsp3) is 0.583. The Balaban J connectivity index is 2.17. The molecule has 20 heavy (non-hydrogen) atoms. The van der Waals surface area contributed by atoms with E-state index >= 15 is 0 Å². The summed E-state index contributed by atoms with van der Waals surface area (Å²) in [6.45, 7) is 4.81. The van der Waals surface area contributed by atoms with Gasteiger partial charge in [0.2, 0.25) is 0 Å². The molecule has 0 saturated heterocycles. The van der Waals surface area contributed by atoms with Crippen molar-refractivity contribution in [1.82, 2.24) is 24.5 Å². The normalized spacial score (nSPS) is 11.2. The van der Waals surface area contributed by atoms with Gasteiger partial charge in [-0.05, 0) is 28.8 Å². The van der Waals surface area contributed by atoms with Crippen LogP contribution in [0.2, 0.25) is 0 Å². The molecule has 0 aromatic carbocycles. The third-order valence-electron chi connectivity index (χ3n) is 3.01. The van der Waals surface area contributed by atoms with Crippen molar-refractivity contribution in [2.45, 2.75) is 44.1 Å². The zero-order valence-electron chi connectivity index (χ0n) is 11.8. The second-order valence-corrected chi connectivity index (χ2v) is 6.17. The molecule has 0 radical (unpaired) electrons. The molecule has 0 bridgehead atoms. The standard InChI is InChI=1S/C12H18BrN5OS/c1-4-6-18-11(19)14-15-12(18)20-7-9-10(13)8(5-2)16-17(9)3/h4-7H2,1-3H3,(H,14,19). The highest BCUT2D eigenvalue weighted by molar-refractivity contribution is 9.10. The molecular weight excluding hydrogens is 342 g/mol. The molecule has 0 saturated carbocycles. The monoisotopic (exact) mass is 359 g/mol. The number of thioether (sulfide) groups is 1. The molecule has 0 unspecified atom stereocenters. The summed E-state index contributed by atoms with van der Waals surface area (Å²) < 4.78 is 4.61. The number of aryl methyl sites for hydroxylation is 2. The first-order valence-corrected chi connectivity index (χ1v) is 8.34. The smallest absolute Gasteiger partial charge is 0.270 e. The summed E-state index contributed by atoms with van der Waals surface area (Å²) in [6.07, 6.45) is 1.80. The first-order valence-electron chi connectivity index (χ1n) is 6.56. The molecule has 6 nitrogen and oxygen atoms in total. The highest BCUT2D eigenvalue weighted by Gasteiger charge is 2.15. The summed E-state index contributed by atoms with van der Waals surface area (Å²) in [5.74, 6) is 0.720. The van der Waals surface area contributed by atoms with Crippen LogP contribution in [0.1, 0.15) is 31.7 Å². The van der Waals surface area contributed by atoms with E-state index in [0.717, 1.165) is 39.6 Å². The summed E-state index contributed by atoms with van der Waals surface area (Å²) in [5, 5.41) is 11.8. The largest absolute Gasteiger partial charge is 0.343 e. The summed E-state index contributed by atoms with van der Waals surface area (Å²) in [5.41, 5.74) is 2.01. The summed E-state index contributed by atoms with van der Waals surface area (Å²) in [4.78, 5) is 11.6. The van der Waals surface area contributed by atoms with Gasteiger partial charge in [0.1, 0.15) is 0 Å². The van der Waals surface area contributed by atoms with Crippen LogP contribution >= 0.6 is 27.7 Å². The van der Waals surface area contributed by atoms with Gasteiger partial charge in [-0.3, -0.25) is 9.25 Å². The van der Waals surface area contributed by atoms with Crippen molar-refractivity contribution in [3.05, 3.63) is 26.3 Å². The van der Waals surface area contributed by atoms with Crippen molar-refractivity contribution in [3.63, 3.8) is 0 Å². The quantitative estimate of drug-likeness (QED) is 0.803. The van der Waals surface area contributed by atoms with E-state index in [4.69, 9.17) is 0 Å². The summed E-state index contributed by atoms with van der Waals surface area (Å²) >= 11 is 5.14. The molecule has 0 amide bonds. The molecule has 8 heteroatoms. The number of hydrogen-bond donors (Lipinski definition) is 1. The van der Waals surface area contributed by atoms with Gasteiger partial charge < -0.3 is 0 Å². The number of H-pyrrole nitrogens is 1. The molecule has 1 N–H and O–H groups in total. The lowest BCUT2D eigenvalue weighted by Crippen LogP contribution is -2.17. The lowest BCUT2D eigenvalue weighted by atomic mass is 10.3. The SMILES string of the molecule is CCCn1c(SCc2c(Br)c(CC)nn2C)n[nH]c1=O. The molecule has 0 fully saturated rings. The topological polar surface area (TPSA) is 68.5 Å². The molecule has 110 valence electrons. The number of halogens is 1. The maximum Gasteiger partial charge on any atom is 0.343 e. The number of nitrogens with zero attached hydrogens (tertiary/aromatic N) is 4. The van der Waals surface area contributed by atoms with Gasteiger partial charge in [-0.25, -0.2) is 9.89 Å². The highest BCUT2D eigenvalue weighted by atomic mass is 79.9. The summed E-state index contributed by atoms with van der Waals surface area (Å²) in [6, 6.07) is 0. The van der Waals surface area contributed by atoms with Crippen LogP contribution in [-0.4, -0.2) is 24.5 Å². The molecule has 2 aromatic heterocycles. The molecule has 0 aliphatic heterocycles. The van der Waals surface area contributed by atoms with Crippen LogP contribution in [-0.2, 0) is 25.8 Å². The number of aromatic nitrogens is 5. The zero-order valence-corrected chi connectivity index (χ0v) is 14.2. The fourth-order valence-corrected chi connectivity index (χ4v) is 3.92. The van der Waals surface area contributed by atoms with Gasteiger partial charge >= 0.3 is 5.69 Å². The number of hydrogen-bond acceptors (Lipinski definition) is 4. The Morgan fingerprint density at radius 2 is 2.15 bits per heavy atom. The minimum absolute atomic E-state index is 0.146. The highest BCUT2D eigenvalue weighted by Crippen LogP contribution is 2.27. The Hall–Kier alpha value is -1.02. The summed E-state index contributed by atoms with van der Waals surface area (Å²) in [7, 11) is 1.93. The van der Waals surface area contributed by atoms with Gasteiger partial charge in [0.25, 0.3) is 0 Å². The van der Waals surface area contributed by atoms with E-state index in [1.54, 1.807) is 16.3 Å². The fourth-order valence-electron chi connectivity index (χ4n) is 1.94. The first-order chi connectivity index (χ1) is 9.58. The Morgan fingerprint density at radius 1 is 1.40 bits per heavy atom. The Labute approximate surface area is 130 Å². The lowest BCUT2D eigenvalue weighted by Gasteiger charge is -2.04. The maximum absolute atomic E-state index is 11.6. The average Bonchev–Trinajstić information content (AvgIpc) is 2.90. The van der Waals surface area contributed by atoms with E-state index in [1.807, 2.05) is 18.7 Å².